The van der Waals surface area contributed by atoms with E-state index in [1.807, 2.05) is 0 Å². The van der Waals surface area contributed by atoms with Crippen molar-refractivity contribution in [2.75, 3.05) is 0 Å². The van der Waals surface area contributed by atoms with Crippen LogP contribution in [-0.4, -0.2) is 10.7 Å². The summed E-state index contributed by atoms with van der Waals surface area (Å²) in [5.41, 5.74) is -0.524. The third kappa shape index (κ3) is 2.06. The molecule has 0 radical (unpaired) electrons. The second kappa shape index (κ2) is 3.99. The lowest BCUT2D eigenvalue weighted by molar-refractivity contribution is -0.387. The topological polar surface area (TPSA) is 60.2 Å². The Labute approximate surface area is 92.4 Å². The molecule has 6 heteroatoms. The summed E-state index contributed by atoms with van der Waals surface area (Å²) in [7, 11) is 0. The molecule has 74 valence electrons. The molecule has 0 aliphatic rings. The van der Waals surface area contributed by atoms with Crippen LogP contribution < -0.4 is 0 Å². The molecule has 0 aliphatic carbocycles. The van der Waals surface area contributed by atoms with Crippen LogP contribution in [0.2, 0.25) is 0 Å². The van der Waals surface area contributed by atoms with Crippen molar-refractivity contribution in [3.8, 4) is 0 Å². The Kier molecular flexibility index (Phi) is 3.14. The molecular formula is C8H5FINO3. The van der Waals surface area contributed by atoms with Crippen molar-refractivity contribution < 1.29 is 14.1 Å². The van der Waals surface area contributed by atoms with Crippen LogP contribution in [0.1, 0.15) is 17.3 Å². The van der Waals surface area contributed by atoms with Gasteiger partial charge in [-0.1, -0.05) is 0 Å². The molecule has 0 spiro atoms. The normalized spacial score (nSPS) is 9.93. The first kappa shape index (κ1) is 11.0. The molecule has 0 bridgehead atoms. The van der Waals surface area contributed by atoms with Crippen LogP contribution >= 0.6 is 22.6 Å². The van der Waals surface area contributed by atoms with Crippen LogP contribution in [0.3, 0.4) is 0 Å². The third-order valence-corrected chi connectivity index (χ3v) is 2.40. The monoisotopic (exact) mass is 309 g/mol. The minimum atomic E-state index is -0.902. The lowest BCUT2D eigenvalue weighted by Gasteiger charge is -1.99. The number of rotatable bonds is 2. The van der Waals surface area contributed by atoms with E-state index in [9.17, 15) is 19.3 Å². The molecule has 1 rings (SSSR count). The first-order valence-corrected chi connectivity index (χ1v) is 4.65. The van der Waals surface area contributed by atoms with Gasteiger partial charge in [0, 0.05) is 11.6 Å². The van der Waals surface area contributed by atoms with Gasteiger partial charge in [-0.25, -0.2) is 0 Å². The minimum Gasteiger partial charge on any atom is -0.295 e. The second-order valence-corrected chi connectivity index (χ2v) is 3.77. The Morgan fingerprint density at radius 3 is 2.57 bits per heavy atom. The van der Waals surface area contributed by atoms with Gasteiger partial charge in [-0.2, -0.15) is 4.39 Å². The standard InChI is InChI=1S/C8H5FINO3/c1-4(12)5-2-6(10)8(9)7(3-5)11(13)14/h2-3H,1H3. The molecular weight excluding hydrogens is 304 g/mol. The zero-order chi connectivity index (χ0) is 10.9. The summed E-state index contributed by atoms with van der Waals surface area (Å²) in [5, 5.41) is 10.4. The Balaban J connectivity index is 3.43. The van der Waals surface area contributed by atoms with E-state index in [2.05, 4.69) is 0 Å². The van der Waals surface area contributed by atoms with E-state index in [1.54, 1.807) is 22.6 Å². The number of benzene rings is 1. The van der Waals surface area contributed by atoms with E-state index in [-0.39, 0.29) is 14.9 Å². The van der Waals surface area contributed by atoms with Gasteiger partial charge in [-0.3, -0.25) is 14.9 Å². The highest BCUT2D eigenvalue weighted by atomic mass is 127. The summed E-state index contributed by atoms with van der Waals surface area (Å²) in [4.78, 5) is 20.5. The van der Waals surface area contributed by atoms with E-state index in [4.69, 9.17) is 0 Å². The highest BCUT2D eigenvalue weighted by Crippen LogP contribution is 2.24. The maximum Gasteiger partial charge on any atom is 0.306 e. The summed E-state index contributed by atoms with van der Waals surface area (Å²) in [6, 6.07) is 2.23. The minimum absolute atomic E-state index is 0.0713. The summed E-state index contributed by atoms with van der Waals surface area (Å²) in [5.74, 6) is -1.23. The molecule has 0 aromatic heterocycles. The van der Waals surface area contributed by atoms with Gasteiger partial charge in [0.15, 0.2) is 5.78 Å². The number of carbonyl (C=O) groups excluding carboxylic acids is 1. The molecule has 0 saturated carbocycles. The van der Waals surface area contributed by atoms with Gasteiger partial charge < -0.3 is 0 Å². The van der Waals surface area contributed by atoms with Gasteiger partial charge in [0.2, 0.25) is 5.82 Å². The van der Waals surface area contributed by atoms with E-state index in [0.717, 1.165) is 6.07 Å². The number of hydrogen-bond donors (Lipinski definition) is 0. The maximum atomic E-state index is 13.1. The molecule has 0 heterocycles. The quantitative estimate of drug-likeness (QED) is 0.365. The van der Waals surface area contributed by atoms with Crippen LogP contribution in [0, 0.1) is 19.5 Å². The van der Waals surface area contributed by atoms with Gasteiger partial charge in [-0.15, -0.1) is 0 Å². The summed E-state index contributed by atoms with van der Waals surface area (Å²) in [6.45, 7) is 1.27. The number of Topliss-reactive ketones (excluding diaryl/α,β-unsaturated/α-hetero) is 1. The van der Waals surface area contributed by atoms with Gasteiger partial charge in [0.05, 0.1) is 8.49 Å². The fraction of sp³-hybridized carbons (Fsp3) is 0.125. The summed E-state index contributed by atoms with van der Waals surface area (Å²) in [6.07, 6.45) is 0. The second-order valence-electron chi connectivity index (χ2n) is 2.60. The average Bonchev–Trinajstić information content (AvgIpc) is 2.08. The number of halogens is 2. The van der Waals surface area contributed by atoms with Crippen molar-refractivity contribution >= 4 is 34.1 Å². The van der Waals surface area contributed by atoms with Gasteiger partial charge >= 0.3 is 5.69 Å². The number of hydrogen-bond acceptors (Lipinski definition) is 3. The largest absolute Gasteiger partial charge is 0.306 e. The molecule has 1 aromatic carbocycles. The smallest absolute Gasteiger partial charge is 0.295 e. The Morgan fingerprint density at radius 1 is 1.57 bits per heavy atom. The molecule has 0 aliphatic heterocycles. The van der Waals surface area contributed by atoms with Crippen molar-refractivity contribution in [1.82, 2.24) is 0 Å². The van der Waals surface area contributed by atoms with Crippen LogP contribution in [-0.2, 0) is 0 Å². The number of nitrogens with zero attached hydrogens (tertiary/aromatic N) is 1. The van der Waals surface area contributed by atoms with Crippen LogP contribution in [0.15, 0.2) is 12.1 Å². The van der Waals surface area contributed by atoms with E-state index < -0.39 is 16.4 Å². The zero-order valence-electron chi connectivity index (χ0n) is 7.08. The molecule has 0 unspecified atom stereocenters. The van der Waals surface area contributed by atoms with Gasteiger partial charge in [0.1, 0.15) is 0 Å². The Morgan fingerprint density at radius 2 is 2.14 bits per heavy atom. The van der Waals surface area contributed by atoms with Crippen molar-refractivity contribution in [3.63, 3.8) is 0 Å². The molecule has 4 nitrogen and oxygen atoms in total. The van der Waals surface area contributed by atoms with Gasteiger partial charge in [0.25, 0.3) is 0 Å². The maximum absolute atomic E-state index is 13.1. The molecule has 0 N–H and O–H groups in total. The van der Waals surface area contributed by atoms with E-state index in [0.29, 0.717) is 0 Å². The number of nitro groups is 1. The summed E-state index contributed by atoms with van der Waals surface area (Å²) < 4.78 is 13.2. The summed E-state index contributed by atoms with van der Waals surface area (Å²) >= 11 is 1.61. The number of ketones is 1. The molecule has 0 saturated heterocycles. The fourth-order valence-corrected chi connectivity index (χ4v) is 1.52. The van der Waals surface area contributed by atoms with Crippen LogP contribution in [0.25, 0.3) is 0 Å². The lowest BCUT2D eigenvalue weighted by Crippen LogP contribution is -2.00. The Bertz CT molecular complexity index is 419. The molecule has 0 amide bonds. The fourth-order valence-electron chi connectivity index (χ4n) is 0.911. The van der Waals surface area contributed by atoms with Crippen LogP contribution in [0.5, 0.6) is 0 Å². The SMILES string of the molecule is CC(=O)c1cc(I)c(F)c([N+](=O)[O-])c1. The molecule has 1 aromatic rings. The first-order valence-electron chi connectivity index (χ1n) is 3.58. The van der Waals surface area contributed by atoms with Crippen molar-refractivity contribution in [3.05, 3.63) is 37.2 Å². The van der Waals surface area contributed by atoms with Crippen LogP contribution in [0.4, 0.5) is 10.1 Å². The number of carbonyl (C=O) groups is 1. The van der Waals surface area contributed by atoms with Gasteiger partial charge in [-0.05, 0) is 35.6 Å². The van der Waals surface area contributed by atoms with Crippen molar-refractivity contribution in [2.45, 2.75) is 6.92 Å². The zero-order valence-corrected chi connectivity index (χ0v) is 9.24. The Hall–Kier alpha value is -1.05. The lowest BCUT2D eigenvalue weighted by atomic mass is 10.1. The van der Waals surface area contributed by atoms with Crippen molar-refractivity contribution in [1.29, 1.82) is 0 Å². The highest BCUT2D eigenvalue weighted by molar-refractivity contribution is 14.1. The highest BCUT2D eigenvalue weighted by Gasteiger charge is 2.19. The average molecular weight is 309 g/mol. The molecule has 0 atom stereocenters. The van der Waals surface area contributed by atoms with E-state index >= 15 is 0 Å². The van der Waals surface area contributed by atoms with Crippen molar-refractivity contribution in [2.24, 2.45) is 0 Å². The molecule has 0 fully saturated rings. The molecule has 14 heavy (non-hydrogen) atoms. The number of nitro benzene ring substituents is 1. The van der Waals surface area contributed by atoms with E-state index in [1.165, 1.54) is 13.0 Å². The third-order valence-electron chi connectivity index (χ3n) is 1.61. The first-order chi connectivity index (χ1) is 6.43. The predicted octanol–water partition coefficient (Wildman–Crippen LogP) is 2.54. The predicted molar refractivity (Wildman–Crippen MR) is 55.8 cm³/mol.